The quantitative estimate of drug-likeness (QED) is 0.600. The molecule has 0 bridgehead atoms. The predicted octanol–water partition coefficient (Wildman–Crippen LogP) is 3.73. The minimum Gasteiger partial charge on any atom is -0.495 e. The van der Waals surface area contributed by atoms with Crippen LogP contribution in [0.1, 0.15) is 27.7 Å². The lowest BCUT2D eigenvalue weighted by Crippen LogP contribution is -1.90. The van der Waals surface area contributed by atoms with Crippen molar-refractivity contribution < 1.29 is 4.74 Å². The van der Waals surface area contributed by atoms with Crippen LogP contribution < -0.4 is 10.5 Å². The summed E-state index contributed by atoms with van der Waals surface area (Å²) in [6.07, 6.45) is 0. The van der Waals surface area contributed by atoms with Crippen molar-refractivity contribution >= 4 is 11.4 Å². The summed E-state index contributed by atoms with van der Waals surface area (Å²) in [6.45, 7) is 8.00. The van der Waals surface area contributed by atoms with E-state index in [1.807, 2.05) is 27.7 Å². The van der Waals surface area contributed by atoms with Crippen LogP contribution in [0.15, 0.2) is 23.4 Å². The Morgan fingerprint density at radius 2 is 1.73 bits per heavy atom. The van der Waals surface area contributed by atoms with Gasteiger partial charge < -0.3 is 10.5 Å². The highest BCUT2D eigenvalue weighted by atomic mass is 16.5. The minimum absolute atomic E-state index is 0.316. The van der Waals surface area contributed by atoms with E-state index in [0.717, 1.165) is 0 Å². The molecule has 86 valence electrons. The van der Waals surface area contributed by atoms with Gasteiger partial charge in [0.25, 0.3) is 0 Å². The summed E-state index contributed by atoms with van der Waals surface area (Å²) >= 11 is 0. The highest BCUT2D eigenvalue weighted by Crippen LogP contribution is 2.26. The molecule has 0 aliphatic heterocycles. The van der Waals surface area contributed by atoms with Crippen molar-refractivity contribution in [1.29, 1.82) is 0 Å². The Hall–Kier alpha value is -1.58. The molecule has 1 aromatic rings. The molecule has 0 spiro atoms. The molecule has 0 aliphatic carbocycles. The number of hydrogen-bond acceptors (Lipinski definition) is 4. The monoisotopic (exact) mass is 212 g/mol. The lowest BCUT2D eigenvalue weighted by molar-refractivity contribution is 0.417. The maximum absolute atomic E-state index is 10.0. The van der Waals surface area contributed by atoms with E-state index in [0.29, 0.717) is 17.1 Å². The minimum atomic E-state index is 0.316. The summed E-state index contributed by atoms with van der Waals surface area (Å²) < 4.78 is 4.86. The molecule has 1 rings (SSSR count). The molecule has 0 saturated heterocycles. The standard InChI is InChI=1S/C7H8N2O2.2C2H6/c1-11-7-4-5(9-10)2-3-6(7)8;2*1-2/h2-4H,8H2,1H3;2*1-2H3. The van der Waals surface area contributed by atoms with Crippen molar-refractivity contribution in [3.05, 3.63) is 23.1 Å². The summed E-state index contributed by atoms with van der Waals surface area (Å²) in [7, 11) is 1.49. The van der Waals surface area contributed by atoms with Gasteiger partial charge in [-0.1, -0.05) is 27.7 Å². The van der Waals surface area contributed by atoms with Gasteiger partial charge in [0.15, 0.2) is 0 Å². The number of nitrogens with two attached hydrogens (primary N) is 1. The highest BCUT2D eigenvalue weighted by molar-refractivity contribution is 5.59. The maximum Gasteiger partial charge on any atom is 0.144 e. The zero-order chi connectivity index (χ0) is 12.3. The fourth-order valence-corrected chi connectivity index (χ4v) is 0.757. The second kappa shape index (κ2) is 10.5. The first-order valence-electron chi connectivity index (χ1n) is 5.05. The predicted molar refractivity (Wildman–Crippen MR) is 65.6 cm³/mol. The molecule has 0 atom stereocenters. The lowest BCUT2D eigenvalue weighted by Gasteiger charge is -2.02. The first kappa shape index (κ1) is 15.9. The number of ether oxygens (including phenoxy) is 1. The van der Waals surface area contributed by atoms with Gasteiger partial charge in [0.05, 0.1) is 12.8 Å². The first-order chi connectivity index (χ1) is 7.27. The number of methoxy groups -OCH3 is 1. The molecule has 0 saturated carbocycles. The van der Waals surface area contributed by atoms with E-state index in [1.165, 1.54) is 19.2 Å². The Balaban J connectivity index is 0. The van der Waals surface area contributed by atoms with Gasteiger partial charge in [-0.25, -0.2) is 0 Å². The molecule has 4 heteroatoms. The van der Waals surface area contributed by atoms with Crippen molar-refractivity contribution in [2.24, 2.45) is 5.18 Å². The fourth-order valence-electron chi connectivity index (χ4n) is 0.757. The van der Waals surface area contributed by atoms with Crippen molar-refractivity contribution in [2.75, 3.05) is 12.8 Å². The van der Waals surface area contributed by atoms with Gasteiger partial charge in [-0.2, -0.15) is 0 Å². The van der Waals surface area contributed by atoms with Crippen LogP contribution in [-0.4, -0.2) is 7.11 Å². The third-order valence-electron chi connectivity index (χ3n) is 1.32. The number of nitrogen functional groups attached to an aromatic ring is 1. The molecular formula is C11H20N2O2. The average Bonchev–Trinajstić information content (AvgIpc) is 2.35. The van der Waals surface area contributed by atoms with Crippen LogP contribution >= 0.6 is 0 Å². The topological polar surface area (TPSA) is 64.7 Å². The third kappa shape index (κ3) is 5.67. The molecule has 1 aromatic carbocycles. The SMILES string of the molecule is CC.CC.COc1cc(N=O)ccc1N. The zero-order valence-corrected chi connectivity index (χ0v) is 10.1. The van der Waals surface area contributed by atoms with Crippen LogP contribution in [0.2, 0.25) is 0 Å². The van der Waals surface area contributed by atoms with E-state index in [4.69, 9.17) is 10.5 Å². The number of hydrogen-bond donors (Lipinski definition) is 1. The highest BCUT2D eigenvalue weighted by Gasteiger charge is 1.99. The summed E-state index contributed by atoms with van der Waals surface area (Å²) in [4.78, 5) is 10.0. The van der Waals surface area contributed by atoms with Crippen molar-refractivity contribution in [2.45, 2.75) is 27.7 Å². The van der Waals surface area contributed by atoms with E-state index < -0.39 is 0 Å². The van der Waals surface area contributed by atoms with Gasteiger partial charge in [-0.05, 0) is 17.3 Å². The van der Waals surface area contributed by atoms with Gasteiger partial charge in [-0.15, -0.1) is 4.91 Å². The van der Waals surface area contributed by atoms with E-state index in [9.17, 15) is 4.91 Å². The molecule has 15 heavy (non-hydrogen) atoms. The zero-order valence-electron chi connectivity index (χ0n) is 10.1. The Morgan fingerprint density at radius 3 is 2.13 bits per heavy atom. The second-order valence-corrected chi connectivity index (χ2v) is 2.02. The summed E-state index contributed by atoms with van der Waals surface area (Å²) in [6, 6.07) is 4.60. The summed E-state index contributed by atoms with van der Waals surface area (Å²) in [5.41, 5.74) is 6.30. The number of anilines is 1. The van der Waals surface area contributed by atoms with Crippen LogP contribution in [0.25, 0.3) is 0 Å². The molecule has 0 aromatic heterocycles. The third-order valence-corrected chi connectivity index (χ3v) is 1.32. The van der Waals surface area contributed by atoms with Crippen molar-refractivity contribution in [3.63, 3.8) is 0 Å². The Morgan fingerprint density at radius 1 is 1.20 bits per heavy atom. The Kier molecular flexibility index (Phi) is 11.1. The lowest BCUT2D eigenvalue weighted by atomic mass is 10.2. The molecule has 0 amide bonds. The Labute approximate surface area is 91.4 Å². The maximum atomic E-state index is 10.0. The second-order valence-electron chi connectivity index (χ2n) is 2.02. The fraction of sp³-hybridized carbons (Fsp3) is 0.455. The van der Waals surface area contributed by atoms with Crippen LogP contribution in [0, 0.1) is 4.91 Å². The largest absolute Gasteiger partial charge is 0.495 e. The molecule has 0 radical (unpaired) electrons. The first-order valence-corrected chi connectivity index (χ1v) is 5.05. The van der Waals surface area contributed by atoms with Gasteiger partial charge in [0.1, 0.15) is 11.4 Å². The van der Waals surface area contributed by atoms with Gasteiger partial charge in [0.2, 0.25) is 0 Å². The average molecular weight is 212 g/mol. The smallest absolute Gasteiger partial charge is 0.144 e. The molecule has 4 nitrogen and oxygen atoms in total. The van der Waals surface area contributed by atoms with E-state index in [2.05, 4.69) is 5.18 Å². The number of rotatable bonds is 2. The number of nitrogens with zero attached hydrogens (tertiary/aromatic N) is 1. The van der Waals surface area contributed by atoms with Gasteiger partial charge in [0, 0.05) is 6.07 Å². The molecule has 0 aliphatic rings. The van der Waals surface area contributed by atoms with Crippen molar-refractivity contribution in [1.82, 2.24) is 0 Å². The van der Waals surface area contributed by atoms with E-state index >= 15 is 0 Å². The van der Waals surface area contributed by atoms with Crippen LogP contribution in [0.3, 0.4) is 0 Å². The van der Waals surface area contributed by atoms with Gasteiger partial charge in [-0.3, -0.25) is 0 Å². The molecule has 2 N–H and O–H groups in total. The summed E-state index contributed by atoms with van der Waals surface area (Å²) in [5.74, 6) is 0.474. The number of nitroso groups, excluding NO2 is 1. The Bertz CT molecular complexity index is 275. The molecule has 0 heterocycles. The van der Waals surface area contributed by atoms with E-state index in [1.54, 1.807) is 6.07 Å². The van der Waals surface area contributed by atoms with E-state index in [-0.39, 0.29) is 0 Å². The van der Waals surface area contributed by atoms with Crippen molar-refractivity contribution in [3.8, 4) is 5.75 Å². The van der Waals surface area contributed by atoms with Crippen LogP contribution in [0.4, 0.5) is 11.4 Å². The normalized spacial score (nSPS) is 7.53. The van der Waals surface area contributed by atoms with Crippen LogP contribution in [-0.2, 0) is 0 Å². The van der Waals surface area contributed by atoms with Crippen LogP contribution in [0.5, 0.6) is 5.75 Å². The molecule has 0 fully saturated rings. The molecular weight excluding hydrogens is 192 g/mol. The van der Waals surface area contributed by atoms with Gasteiger partial charge >= 0.3 is 0 Å². The molecule has 0 unspecified atom stereocenters. The summed E-state index contributed by atoms with van der Waals surface area (Å²) in [5, 5.41) is 2.73. The number of benzene rings is 1.